The van der Waals surface area contributed by atoms with E-state index in [-0.39, 0.29) is 55.3 Å². The number of nitrogens with zero attached hydrogens (tertiary/aromatic N) is 1. The number of hydrogen-bond donors (Lipinski definition) is 0. The number of quaternary nitrogens is 1. The van der Waals surface area contributed by atoms with Gasteiger partial charge in [0.1, 0.15) is 23.3 Å². The molecule has 29 heteroatoms. The molecule has 4 rings (SSSR count). The van der Waals surface area contributed by atoms with Crippen LogP contribution in [0.3, 0.4) is 0 Å². The second-order valence-electron chi connectivity index (χ2n) is 17.8. The summed E-state index contributed by atoms with van der Waals surface area (Å²) in [5, 5.41) is 0. The van der Waals surface area contributed by atoms with Gasteiger partial charge in [-0.15, -0.1) is 6.07 Å². The van der Waals surface area contributed by atoms with Crippen molar-refractivity contribution < 1.29 is 124 Å². The molecule has 0 saturated carbocycles. The summed E-state index contributed by atoms with van der Waals surface area (Å²) >= 11 is 0. The van der Waals surface area contributed by atoms with Crippen LogP contribution in [-0.2, 0) is 49.4 Å². The van der Waals surface area contributed by atoms with Crippen molar-refractivity contribution >= 4 is 7.32 Å². The zero-order valence-corrected chi connectivity index (χ0v) is 39.8. The Morgan fingerprint density at radius 1 is 0.395 bits per heavy atom. The van der Waals surface area contributed by atoms with Gasteiger partial charge in [0.25, 0.3) is 0 Å². The molecule has 0 aliphatic rings. The van der Waals surface area contributed by atoms with Crippen molar-refractivity contribution in [3.8, 4) is 17.2 Å². The van der Waals surface area contributed by atoms with E-state index < -0.39 is 147 Å². The van der Waals surface area contributed by atoms with E-state index in [0.717, 1.165) is 38.5 Å². The third-order valence-corrected chi connectivity index (χ3v) is 10.9. The Morgan fingerprint density at radius 3 is 1.03 bits per heavy atom. The van der Waals surface area contributed by atoms with Crippen LogP contribution in [0.5, 0.6) is 17.2 Å². The first kappa shape index (κ1) is 64.9. The van der Waals surface area contributed by atoms with Crippen LogP contribution in [0.25, 0.3) is 0 Å². The molecule has 0 saturated heterocycles. The van der Waals surface area contributed by atoms with Crippen LogP contribution < -0.4 is 14.0 Å². The maximum atomic E-state index is 14.9. The molecule has 4 aromatic carbocycles. The number of unbranched alkanes of at least 4 members (excludes halogenated alkanes) is 8. The van der Waals surface area contributed by atoms with E-state index in [0.29, 0.717) is 25.0 Å². The van der Waals surface area contributed by atoms with Gasteiger partial charge in [0, 0.05) is 6.42 Å². The van der Waals surface area contributed by atoms with Gasteiger partial charge in [0.2, 0.25) is 0 Å². The third-order valence-electron chi connectivity index (χ3n) is 10.9. The summed E-state index contributed by atoms with van der Waals surface area (Å²) in [5.41, 5.74) is -16.2. The predicted molar refractivity (Wildman–Crippen MR) is 225 cm³/mol. The average Bonchev–Trinajstić information content (AvgIpc) is 3.24. The first-order chi connectivity index (χ1) is 34.3. The maximum Gasteiger partial charge on any atom is 0.864 e. The van der Waals surface area contributed by atoms with E-state index in [4.69, 9.17) is 14.0 Å². The fourth-order valence-electron chi connectivity index (χ4n) is 7.22. The van der Waals surface area contributed by atoms with Crippen LogP contribution >= 0.6 is 0 Å². The average molecular weight is 1140 g/mol. The Morgan fingerprint density at radius 2 is 0.711 bits per heavy atom. The molecule has 4 aromatic rings. The molecule has 0 radical (unpaired) electrons. The smallest absolute Gasteiger partial charge is 0.490 e. The summed E-state index contributed by atoms with van der Waals surface area (Å²) in [5.74, 6) is -4.64. The number of halogens is 24. The van der Waals surface area contributed by atoms with Gasteiger partial charge in [-0.05, 0) is 55.0 Å². The molecular weight excluding hydrogens is 1090 g/mol. The Hall–Kier alpha value is -5.38. The Bertz CT molecular complexity index is 2330. The first-order valence-electron chi connectivity index (χ1n) is 22.2. The van der Waals surface area contributed by atoms with Gasteiger partial charge in [-0.1, -0.05) is 69.4 Å². The molecular formula is C47H44BF24NO3. The summed E-state index contributed by atoms with van der Waals surface area (Å²) in [6.45, 7) is 2.02. The molecule has 0 aromatic heterocycles. The highest BCUT2D eigenvalue weighted by atomic mass is 19.4. The first-order valence-corrected chi connectivity index (χ1v) is 22.2. The Kier molecular flexibility index (Phi) is 20.9. The van der Waals surface area contributed by atoms with Crippen molar-refractivity contribution in [3.05, 3.63) is 123 Å². The van der Waals surface area contributed by atoms with Crippen molar-refractivity contribution in [1.29, 1.82) is 0 Å². The van der Waals surface area contributed by atoms with E-state index in [9.17, 15) is 105 Å². The lowest BCUT2D eigenvalue weighted by molar-refractivity contribution is -0.902. The van der Waals surface area contributed by atoms with E-state index in [1.807, 2.05) is 6.92 Å². The number of alkyl halides is 24. The lowest BCUT2D eigenvalue weighted by atomic mass is 9.90. The van der Waals surface area contributed by atoms with E-state index >= 15 is 0 Å². The standard InChI is InChI=1S/C39H41BF18NO3.C8H3F6/c1-5-6-7-8-9-10-11-12-13-14-31(59(2,3)4)33-30(39(56,57)58)21-27(38(53,54)55)22-32(33)62-40(60-28-17-23(34(41,42)43)15-24(18-28)35(44,45)46)61-29-19-25(36(47,48)49)16-26(20-29)37(50,51)52;9-7(10,11)5-2-1-3-6(4-5)8(12,13)14/h15-22,31H,5-14H2,1-4H3;2-4H/q+1;-1. The van der Waals surface area contributed by atoms with E-state index in [1.54, 1.807) is 6.07 Å². The van der Waals surface area contributed by atoms with Crippen LogP contribution in [-0.4, -0.2) is 32.9 Å². The van der Waals surface area contributed by atoms with Crippen molar-refractivity contribution in [1.82, 2.24) is 0 Å². The van der Waals surface area contributed by atoms with Gasteiger partial charge in [-0.3, -0.25) is 0 Å². The lowest BCUT2D eigenvalue weighted by Crippen LogP contribution is -2.42. The SMILES string of the molecule is CCCCCCCCCCCC(c1c(OB(Oc2cc(C(F)(F)F)cc(C(F)(F)F)c2)Oc2cc(C(F)(F)F)cc(C(F)(F)F)c2)cc(C(F)(F)F)cc1C(F)(F)F)[N+](C)(C)C.FC(F)(F)c1c[c-]cc(C(F)(F)F)c1. The predicted octanol–water partition coefficient (Wildman–Crippen LogP) is 18.5. The van der Waals surface area contributed by atoms with E-state index in [1.165, 1.54) is 21.1 Å². The summed E-state index contributed by atoms with van der Waals surface area (Å²) in [7, 11) is 0.751. The van der Waals surface area contributed by atoms with Crippen LogP contribution in [0.1, 0.15) is 127 Å². The number of rotatable bonds is 18. The molecule has 0 fully saturated rings. The minimum absolute atomic E-state index is 0.0379. The van der Waals surface area contributed by atoms with Crippen molar-refractivity contribution in [3.63, 3.8) is 0 Å². The summed E-state index contributed by atoms with van der Waals surface area (Å²) in [4.78, 5) is 0. The third kappa shape index (κ3) is 19.9. The summed E-state index contributed by atoms with van der Waals surface area (Å²) in [6.07, 6.45) is -36.6. The zero-order valence-electron chi connectivity index (χ0n) is 39.8. The molecule has 1 atom stereocenters. The monoisotopic (exact) mass is 1140 g/mol. The minimum Gasteiger partial charge on any atom is -0.490 e. The molecule has 0 N–H and O–H groups in total. The fourth-order valence-corrected chi connectivity index (χ4v) is 7.22. The van der Waals surface area contributed by atoms with Gasteiger partial charge in [0.05, 0.1) is 60.1 Å². The van der Waals surface area contributed by atoms with Gasteiger partial charge in [-0.25, -0.2) is 0 Å². The molecule has 1 unspecified atom stereocenters. The largest absolute Gasteiger partial charge is 0.864 e. The van der Waals surface area contributed by atoms with Gasteiger partial charge >= 0.3 is 56.7 Å². The fraction of sp³-hybridized carbons (Fsp3) is 0.489. The Labute approximate surface area is 418 Å². The van der Waals surface area contributed by atoms with Crippen LogP contribution in [0, 0.1) is 6.07 Å². The highest BCUT2D eigenvalue weighted by Crippen LogP contribution is 2.48. The van der Waals surface area contributed by atoms with Gasteiger partial charge < -0.3 is 18.4 Å². The van der Waals surface area contributed by atoms with Gasteiger partial charge in [0.15, 0.2) is 0 Å². The Balaban J connectivity index is 0.000000935. The molecule has 0 aliphatic heterocycles. The van der Waals surface area contributed by atoms with Crippen molar-refractivity contribution in [2.24, 2.45) is 0 Å². The lowest BCUT2D eigenvalue weighted by Gasteiger charge is -2.37. The topological polar surface area (TPSA) is 27.7 Å². The molecule has 0 heterocycles. The quantitative estimate of drug-likeness (QED) is 0.0327. The molecule has 4 nitrogen and oxygen atoms in total. The summed E-state index contributed by atoms with van der Waals surface area (Å²) < 4.78 is 339. The molecule has 0 aliphatic carbocycles. The van der Waals surface area contributed by atoms with E-state index in [2.05, 4.69) is 0 Å². The number of hydrogen-bond acceptors (Lipinski definition) is 3. The molecule has 76 heavy (non-hydrogen) atoms. The summed E-state index contributed by atoms with van der Waals surface area (Å²) in [6, 6.07) is -0.459. The maximum absolute atomic E-state index is 14.9. The van der Waals surface area contributed by atoms with Gasteiger partial charge in [-0.2, -0.15) is 124 Å². The zero-order chi connectivity index (χ0) is 58.3. The van der Waals surface area contributed by atoms with Crippen molar-refractivity contribution in [2.45, 2.75) is 127 Å². The highest BCUT2D eigenvalue weighted by Gasteiger charge is 2.47. The second-order valence-corrected chi connectivity index (χ2v) is 17.8. The number of benzene rings is 4. The van der Waals surface area contributed by atoms with Crippen molar-refractivity contribution in [2.75, 3.05) is 21.1 Å². The minimum atomic E-state index is -5.64. The molecule has 0 amide bonds. The normalized spacial score (nSPS) is 13.7. The van der Waals surface area contributed by atoms with Crippen LogP contribution in [0.15, 0.2) is 66.7 Å². The molecule has 0 spiro atoms. The van der Waals surface area contributed by atoms with Crippen LogP contribution in [0.2, 0.25) is 0 Å². The highest BCUT2D eigenvalue weighted by molar-refractivity contribution is 6.39. The molecule has 0 bridgehead atoms. The second kappa shape index (κ2) is 24.5. The molecule has 426 valence electrons. The van der Waals surface area contributed by atoms with Crippen LogP contribution in [0.4, 0.5) is 105 Å².